The molecular formula is C41H40N2O2. The van der Waals surface area contributed by atoms with Crippen molar-refractivity contribution in [3.63, 3.8) is 0 Å². The molecule has 0 fully saturated rings. The molecule has 0 bridgehead atoms. The molecule has 0 unspecified atom stereocenters. The third kappa shape index (κ3) is 6.71. The summed E-state index contributed by atoms with van der Waals surface area (Å²) in [5.41, 5.74) is 5.79. The lowest BCUT2D eigenvalue weighted by atomic mass is 9.69. The van der Waals surface area contributed by atoms with Crippen molar-refractivity contribution < 1.29 is 9.47 Å². The molecule has 5 aromatic carbocycles. The Balaban J connectivity index is 1.46. The Labute approximate surface area is 266 Å². The van der Waals surface area contributed by atoms with Crippen LogP contribution >= 0.6 is 0 Å². The van der Waals surface area contributed by atoms with E-state index in [1.165, 1.54) is 0 Å². The van der Waals surface area contributed by atoms with E-state index in [0.717, 1.165) is 57.3 Å². The van der Waals surface area contributed by atoms with E-state index >= 15 is 0 Å². The highest BCUT2D eigenvalue weighted by atomic mass is 16.5. The molecule has 4 nitrogen and oxygen atoms in total. The summed E-state index contributed by atoms with van der Waals surface area (Å²) >= 11 is 0. The van der Waals surface area contributed by atoms with Crippen molar-refractivity contribution in [3.05, 3.63) is 174 Å². The maximum absolute atomic E-state index is 6.43. The number of benzene rings is 5. The van der Waals surface area contributed by atoms with Crippen LogP contribution in [0.1, 0.15) is 55.3 Å². The minimum absolute atomic E-state index is 0.167. The van der Waals surface area contributed by atoms with Crippen LogP contribution < -0.4 is 9.47 Å². The van der Waals surface area contributed by atoms with Gasteiger partial charge in [-0.15, -0.1) is 0 Å². The van der Waals surface area contributed by atoms with Crippen LogP contribution in [0, 0.1) is 5.41 Å². The molecule has 0 amide bonds. The topological polar surface area (TPSA) is 47.1 Å². The lowest BCUT2D eigenvalue weighted by Crippen LogP contribution is -2.32. The molecular weight excluding hydrogens is 552 g/mol. The summed E-state index contributed by atoms with van der Waals surface area (Å²) < 4.78 is 12.7. The molecule has 0 radical (unpaired) electrons. The molecule has 0 aliphatic heterocycles. The number of nitrogens with zero attached hydrogens (tertiary/aromatic N) is 1. The number of aromatic nitrogens is 2. The summed E-state index contributed by atoms with van der Waals surface area (Å²) in [7, 11) is 0. The molecule has 0 atom stereocenters. The molecule has 0 aliphatic carbocycles. The molecule has 0 saturated carbocycles. The zero-order valence-corrected chi connectivity index (χ0v) is 26.2. The Morgan fingerprint density at radius 2 is 1.16 bits per heavy atom. The van der Waals surface area contributed by atoms with E-state index in [0.29, 0.717) is 13.2 Å². The van der Waals surface area contributed by atoms with Crippen molar-refractivity contribution in [2.75, 3.05) is 6.61 Å². The average molecular weight is 593 g/mol. The predicted molar refractivity (Wildman–Crippen MR) is 183 cm³/mol. The van der Waals surface area contributed by atoms with E-state index in [1.807, 2.05) is 36.5 Å². The van der Waals surface area contributed by atoms with Gasteiger partial charge < -0.3 is 14.5 Å². The minimum Gasteiger partial charge on any atom is -0.493 e. The quantitative estimate of drug-likeness (QED) is 0.152. The average Bonchev–Trinajstić information content (AvgIpc) is 3.56. The summed E-state index contributed by atoms with van der Waals surface area (Å²) in [4.78, 5) is 8.89. The van der Waals surface area contributed by atoms with Crippen molar-refractivity contribution >= 4 is 0 Å². The molecule has 45 heavy (non-hydrogen) atoms. The summed E-state index contributed by atoms with van der Waals surface area (Å²) in [5.74, 6) is 2.40. The van der Waals surface area contributed by atoms with Gasteiger partial charge in [0.1, 0.15) is 29.3 Å². The van der Waals surface area contributed by atoms with Crippen molar-refractivity contribution in [3.8, 4) is 22.8 Å². The summed E-state index contributed by atoms with van der Waals surface area (Å²) in [6.45, 7) is 7.79. The standard InChI is InChI=1S/C41H40N2O2/c1-40(2,3)26-27-44-38-25-24-35(45-30-31-16-8-4-9-17-31)28-36(38)37-29-42-39(43-37)41(32-18-10-5-11-19-32,33-20-12-6-13-21-33)34-22-14-7-15-23-34/h4-25,28-29H,26-27,30H2,1-3H3,(H,42,43). The first-order chi connectivity index (χ1) is 21.9. The Bertz CT molecular complexity index is 1690. The fourth-order valence-corrected chi connectivity index (χ4v) is 5.77. The Kier molecular flexibility index (Phi) is 8.84. The van der Waals surface area contributed by atoms with Crippen LogP contribution in [0.5, 0.6) is 11.5 Å². The van der Waals surface area contributed by atoms with Crippen LogP contribution in [0.3, 0.4) is 0 Å². The van der Waals surface area contributed by atoms with Gasteiger partial charge in [0.15, 0.2) is 0 Å². The number of nitrogens with one attached hydrogen (secondary N) is 1. The maximum atomic E-state index is 6.43. The zero-order valence-electron chi connectivity index (χ0n) is 26.2. The van der Waals surface area contributed by atoms with Gasteiger partial charge in [0.25, 0.3) is 0 Å². The van der Waals surface area contributed by atoms with Gasteiger partial charge in [0, 0.05) is 5.56 Å². The first kappa shape index (κ1) is 30.0. The van der Waals surface area contributed by atoms with Gasteiger partial charge >= 0.3 is 0 Å². The van der Waals surface area contributed by atoms with Gasteiger partial charge in [0.05, 0.1) is 18.5 Å². The Morgan fingerprint density at radius 1 is 0.622 bits per heavy atom. The number of hydrogen-bond acceptors (Lipinski definition) is 3. The second-order valence-corrected chi connectivity index (χ2v) is 12.6. The van der Waals surface area contributed by atoms with Gasteiger partial charge in [-0.1, -0.05) is 142 Å². The number of H-pyrrole nitrogens is 1. The number of aromatic amines is 1. The molecule has 4 heteroatoms. The van der Waals surface area contributed by atoms with Crippen molar-refractivity contribution in [1.82, 2.24) is 9.97 Å². The second-order valence-electron chi connectivity index (χ2n) is 12.6. The van der Waals surface area contributed by atoms with E-state index < -0.39 is 5.41 Å². The second kappa shape index (κ2) is 13.3. The lowest BCUT2D eigenvalue weighted by Gasteiger charge is -2.34. The van der Waals surface area contributed by atoms with Gasteiger partial charge in [-0.05, 0) is 52.3 Å². The largest absolute Gasteiger partial charge is 0.493 e. The maximum Gasteiger partial charge on any atom is 0.128 e. The summed E-state index contributed by atoms with van der Waals surface area (Å²) in [5, 5.41) is 0. The monoisotopic (exact) mass is 592 g/mol. The highest BCUT2D eigenvalue weighted by Crippen LogP contribution is 2.45. The zero-order chi connectivity index (χ0) is 31.1. The van der Waals surface area contributed by atoms with Crippen LogP contribution in [-0.2, 0) is 12.0 Å². The van der Waals surface area contributed by atoms with Gasteiger partial charge in [-0.2, -0.15) is 0 Å². The van der Waals surface area contributed by atoms with E-state index in [-0.39, 0.29) is 5.41 Å². The Morgan fingerprint density at radius 3 is 1.69 bits per heavy atom. The van der Waals surface area contributed by atoms with Crippen LogP contribution in [0.15, 0.2) is 146 Å². The molecule has 1 heterocycles. The lowest BCUT2D eigenvalue weighted by molar-refractivity contribution is 0.243. The number of imidazole rings is 1. The number of rotatable bonds is 11. The van der Waals surface area contributed by atoms with Crippen LogP contribution in [-0.4, -0.2) is 16.6 Å². The van der Waals surface area contributed by atoms with Crippen LogP contribution in [0.2, 0.25) is 0 Å². The molecule has 6 aromatic rings. The first-order valence-electron chi connectivity index (χ1n) is 15.6. The smallest absolute Gasteiger partial charge is 0.128 e. The van der Waals surface area contributed by atoms with Crippen molar-refractivity contribution in [2.45, 2.75) is 39.2 Å². The molecule has 226 valence electrons. The van der Waals surface area contributed by atoms with Crippen LogP contribution in [0.4, 0.5) is 0 Å². The molecule has 0 spiro atoms. The summed E-state index contributed by atoms with van der Waals surface area (Å²) in [6, 6.07) is 48.1. The van der Waals surface area contributed by atoms with Gasteiger partial charge in [-0.25, -0.2) is 4.98 Å². The Hall–Kier alpha value is -5.09. The van der Waals surface area contributed by atoms with Crippen molar-refractivity contribution in [1.29, 1.82) is 0 Å². The van der Waals surface area contributed by atoms with Crippen molar-refractivity contribution in [2.24, 2.45) is 5.41 Å². The highest BCUT2D eigenvalue weighted by Gasteiger charge is 2.41. The fraction of sp³-hybridized carbons (Fsp3) is 0.195. The fourth-order valence-electron chi connectivity index (χ4n) is 5.77. The van der Waals surface area contributed by atoms with E-state index in [2.05, 4.69) is 135 Å². The normalized spacial score (nSPS) is 11.7. The molecule has 6 rings (SSSR count). The minimum atomic E-state index is -0.670. The van der Waals surface area contributed by atoms with Gasteiger partial charge in [-0.3, -0.25) is 0 Å². The predicted octanol–water partition coefficient (Wildman–Crippen LogP) is 9.85. The number of hydrogen-bond donors (Lipinski definition) is 1. The SMILES string of the molecule is CC(C)(C)CCOc1ccc(OCc2ccccc2)cc1-c1cnc(C(c2ccccc2)(c2ccccc2)c2ccccc2)[nH]1. The van der Waals surface area contributed by atoms with Crippen LogP contribution in [0.25, 0.3) is 11.3 Å². The van der Waals surface area contributed by atoms with E-state index in [4.69, 9.17) is 14.5 Å². The third-order valence-corrected chi connectivity index (χ3v) is 8.15. The molecule has 0 aliphatic rings. The molecule has 1 aromatic heterocycles. The molecule has 1 N–H and O–H groups in total. The molecule has 0 saturated heterocycles. The summed E-state index contributed by atoms with van der Waals surface area (Å²) in [6.07, 6.45) is 2.86. The highest BCUT2D eigenvalue weighted by molar-refractivity contribution is 5.70. The third-order valence-electron chi connectivity index (χ3n) is 8.15. The van der Waals surface area contributed by atoms with E-state index in [9.17, 15) is 0 Å². The van der Waals surface area contributed by atoms with Gasteiger partial charge in [0.2, 0.25) is 0 Å². The first-order valence-corrected chi connectivity index (χ1v) is 15.6. The number of ether oxygens (including phenoxy) is 2. The van der Waals surface area contributed by atoms with E-state index in [1.54, 1.807) is 0 Å².